The van der Waals surface area contributed by atoms with E-state index >= 15 is 0 Å². The fraction of sp³-hybridized carbons (Fsp3) is 0.450. The maximum atomic E-state index is 12.8. The van der Waals surface area contributed by atoms with Crippen molar-refractivity contribution in [1.29, 1.82) is 0 Å². The molecule has 3 aromatic rings. The normalized spacial score (nSPS) is 16.3. The molecule has 11 nitrogen and oxygen atoms in total. The van der Waals surface area contributed by atoms with E-state index in [1.54, 1.807) is 18.0 Å². The second-order valence-corrected chi connectivity index (χ2v) is 7.85. The van der Waals surface area contributed by atoms with E-state index in [9.17, 15) is 19.2 Å². The quantitative estimate of drug-likeness (QED) is 0.533. The molecule has 1 atom stereocenters. The van der Waals surface area contributed by atoms with Crippen LogP contribution in [0.5, 0.6) is 5.75 Å². The number of aromatic nitrogens is 5. The number of hydrogen-bond acceptors (Lipinski definition) is 6. The van der Waals surface area contributed by atoms with Gasteiger partial charge in [0.2, 0.25) is 5.91 Å². The van der Waals surface area contributed by atoms with Gasteiger partial charge in [-0.25, -0.2) is 9.78 Å². The number of amides is 1. The largest absolute Gasteiger partial charge is 0.488 e. The summed E-state index contributed by atoms with van der Waals surface area (Å²) < 4.78 is 11.2. The van der Waals surface area contributed by atoms with Gasteiger partial charge >= 0.3 is 5.69 Å². The molecule has 31 heavy (non-hydrogen) atoms. The molecule has 1 aliphatic rings. The predicted octanol–water partition coefficient (Wildman–Crippen LogP) is -0.879. The minimum absolute atomic E-state index is 0.0678. The minimum Gasteiger partial charge on any atom is -0.488 e. The Kier molecular flexibility index (Phi) is 5.03. The van der Waals surface area contributed by atoms with Crippen molar-refractivity contribution < 1.29 is 9.53 Å². The van der Waals surface area contributed by atoms with E-state index in [0.29, 0.717) is 25.3 Å². The van der Waals surface area contributed by atoms with Crippen molar-refractivity contribution in [3.63, 3.8) is 0 Å². The van der Waals surface area contributed by atoms with E-state index in [4.69, 9.17) is 4.74 Å². The highest BCUT2D eigenvalue weighted by atomic mass is 16.5. The highest BCUT2D eigenvalue weighted by Gasteiger charge is 2.28. The number of carbonyl (C=O) groups is 1. The lowest BCUT2D eigenvalue weighted by Gasteiger charge is -2.18. The SMILES string of the molecule is Cc1cc(OC2CCN(C(=O)Cn3cnc4c3c(=O)n(C)c(=O)n4C)C2)cc(=O)n1C. The number of rotatable bonds is 4. The molecule has 1 saturated heterocycles. The van der Waals surface area contributed by atoms with Crippen LogP contribution >= 0.6 is 0 Å². The fourth-order valence-electron chi connectivity index (χ4n) is 3.81. The molecule has 3 aromatic heterocycles. The van der Waals surface area contributed by atoms with Crippen molar-refractivity contribution >= 4 is 17.1 Å². The lowest BCUT2D eigenvalue weighted by Crippen LogP contribution is -2.38. The molecule has 1 amide bonds. The maximum Gasteiger partial charge on any atom is 0.332 e. The van der Waals surface area contributed by atoms with Gasteiger partial charge in [-0.1, -0.05) is 0 Å². The van der Waals surface area contributed by atoms with Gasteiger partial charge in [0.25, 0.3) is 11.1 Å². The van der Waals surface area contributed by atoms with Crippen LogP contribution in [-0.2, 0) is 32.5 Å². The molecule has 164 valence electrons. The number of aryl methyl sites for hydroxylation is 2. The minimum atomic E-state index is -0.493. The van der Waals surface area contributed by atoms with Gasteiger partial charge in [-0.2, -0.15) is 0 Å². The lowest BCUT2D eigenvalue weighted by molar-refractivity contribution is -0.131. The number of fused-ring (bicyclic) bond motifs is 1. The Hall–Kier alpha value is -3.63. The summed E-state index contributed by atoms with van der Waals surface area (Å²) in [5.41, 5.74) is 0.122. The zero-order chi connectivity index (χ0) is 22.4. The Labute approximate surface area is 176 Å². The molecule has 4 rings (SSSR count). The number of nitrogens with zero attached hydrogens (tertiary/aromatic N) is 6. The number of imidazole rings is 1. The molecule has 1 fully saturated rings. The Bertz CT molecular complexity index is 1360. The predicted molar refractivity (Wildman–Crippen MR) is 112 cm³/mol. The molecule has 0 bridgehead atoms. The van der Waals surface area contributed by atoms with Crippen LogP contribution in [-0.4, -0.2) is 53.3 Å². The van der Waals surface area contributed by atoms with Crippen LogP contribution in [0.1, 0.15) is 12.1 Å². The van der Waals surface area contributed by atoms with Crippen LogP contribution in [0.3, 0.4) is 0 Å². The van der Waals surface area contributed by atoms with Crippen LogP contribution in [0.2, 0.25) is 0 Å². The molecule has 0 saturated carbocycles. The monoisotopic (exact) mass is 428 g/mol. The molecule has 0 radical (unpaired) electrons. The Morgan fingerprint density at radius 2 is 1.87 bits per heavy atom. The highest BCUT2D eigenvalue weighted by Crippen LogP contribution is 2.19. The summed E-state index contributed by atoms with van der Waals surface area (Å²) >= 11 is 0. The first-order valence-corrected chi connectivity index (χ1v) is 9.90. The van der Waals surface area contributed by atoms with Crippen molar-refractivity contribution in [2.45, 2.75) is 26.0 Å². The number of carbonyl (C=O) groups excluding carboxylic acids is 1. The van der Waals surface area contributed by atoms with Crippen LogP contribution in [0.4, 0.5) is 0 Å². The smallest absolute Gasteiger partial charge is 0.332 e. The maximum absolute atomic E-state index is 12.8. The Balaban J connectivity index is 1.49. The van der Waals surface area contributed by atoms with Gasteiger partial charge in [-0.3, -0.25) is 23.5 Å². The Morgan fingerprint density at radius 3 is 2.58 bits per heavy atom. The second-order valence-electron chi connectivity index (χ2n) is 7.85. The van der Waals surface area contributed by atoms with E-state index in [1.165, 1.54) is 40.2 Å². The molecule has 1 unspecified atom stereocenters. The van der Waals surface area contributed by atoms with Crippen molar-refractivity contribution in [1.82, 2.24) is 28.2 Å². The average Bonchev–Trinajstić information content (AvgIpc) is 3.36. The summed E-state index contributed by atoms with van der Waals surface area (Å²) in [5, 5.41) is 0. The van der Waals surface area contributed by atoms with E-state index < -0.39 is 11.2 Å². The van der Waals surface area contributed by atoms with Gasteiger partial charge in [-0.15, -0.1) is 0 Å². The zero-order valence-electron chi connectivity index (χ0n) is 17.9. The first kappa shape index (κ1) is 20.6. The van der Waals surface area contributed by atoms with Crippen LogP contribution in [0.25, 0.3) is 11.2 Å². The van der Waals surface area contributed by atoms with Crippen molar-refractivity contribution in [3.8, 4) is 5.75 Å². The molecule has 0 N–H and O–H groups in total. The summed E-state index contributed by atoms with van der Waals surface area (Å²) in [6.45, 7) is 2.66. The zero-order valence-corrected chi connectivity index (χ0v) is 17.9. The Morgan fingerprint density at radius 1 is 1.13 bits per heavy atom. The van der Waals surface area contributed by atoms with Gasteiger partial charge in [0.15, 0.2) is 11.2 Å². The van der Waals surface area contributed by atoms with Crippen molar-refractivity contribution in [3.05, 3.63) is 55.3 Å². The van der Waals surface area contributed by atoms with Gasteiger partial charge < -0.3 is 18.8 Å². The van der Waals surface area contributed by atoms with Gasteiger partial charge in [0, 0.05) is 45.9 Å². The van der Waals surface area contributed by atoms with Crippen molar-refractivity contribution in [2.24, 2.45) is 21.1 Å². The van der Waals surface area contributed by atoms with Gasteiger partial charge in [0.1, 0.15) is 18.4 Å². The third-order valence-corrected chi connectivity index (χ3v) is 5.80. The molecule has 0 aromatic carbocycles. The summed E-state index contributed by atoms with van der Waals surface area (Å²) in [6.07, 6.45) is 1.82. The van der Waals surface area contributed by atoms with Crippen LogP contribution < -0.4 is 21.5 Å². The average molecular weight is 428 g/mol. The molecule has 0 spiro atoms. The molecular weight excluding hydrogens is 404 g/mol. The first-order chi connectivity index (χ1) is 14.7. The summed E-state index contributed by atoms with van der Waals surface area (Å²) in [5.74, 6) is 0.311. The third kappa shape index (κ3) is 3.56. The standard InChI is InChI=1S/C20H24N6O5/c1-12-7-14(8-15(27)22(12)2)31-13-5-6-25(9-13)16(28)10-26-11-21-18-17(26)19(29)24(4)20(30)23(18)3/h7-8,11,13H,5-6,9-10H2,1-4H3. The van der Waals surface area contributed by atoms with E-state index in [1.807, 2.05) is 6.92 Å². The molecule has 0 aliphatic carbocycles. The van der Waals surface area contributed by atoms with Crippen molar-refractivity contribution in [2.75, 3.05) is 13.1 Å². The van der Waals surface area contributed by atoms with Crippen LogP contribution in [0.15, 0.2) is 32.8 Å². The van der Waals surface area contributed by atoms with Gasteiger partial charge in [0.05, 0.1) is 12.9 Å². The summed E-state index contributed by atoms with van der Waals surface area (Å²) in [6, 6.07) is 3.23. The number of hydrogen-bond donors (Lipinski definition) is 0. The second kappa shape index (κ2) is 7.56. The third-order valence-electron chi connectivity index (χ3n) is 5.80. The number of likely N-dealkylation sites (tertiary alicyclic amines) is 1. The molecule has 1 aliphatic heterocycles. The summed E-state index contributed by atoms with van der Waals surface area (Å²) in [7, 11) is 4.62. The lowest BCUT2D eigenvalue weighted by atomic mass is 10.3. The molecule has 11 heteroatoms. The van der Waals surface area contributed by atoms with E-state index in [2.05, 4.69) is 4.98 Å². The topological polar surface area (TPSA) is 113 Å². The summed E-state index contributed by atoms with van der Waals surface area (Å²) in [4.78, 5) is 55.2. The van der Waals surface area contributed by atoms with Gasteiger partial charge in [-0.05, 0) is 13.0 Å². The highest BCUT2D eigenvalue weighted by molar-refractivity contribution is 5.79. The van der Waals surface area contributed by atoms with Crippen LogP contribution in [0, 0.1) is 6.92 Å². The number of pyridine rings is 1. The van der Waals surface area contributed by atoms with E-state index in [0.717, 1.165) is 10.3 Å². The first-order valence-electron chi connectivity index (χ1n) is 9.90. The fourth-order valence-corrected chi connectivity index (χ4v) is 3.81. The molecule has 4 heterocycles. The van der Waals surface area contributed by atoms with E-state index in [-0.39, 0.29) is 35.3 Å². The molecular formula is C20H24N6O5. The number of ether oxygens (including phenoxy) is 1.